The second-order valence-electron chi connectivity index (χ2n) is 3.83. The van der Waals surface area contributed by atoms with Crippen LogP contribution in [0.4, 0.5) is 0 Å². The summed E-state index contributed by atoms with van der Waals surface area (Å²) in [5, 5.41) is 0.906. The van der Waals surface area contributed by atoms with Crippen LogP contribution in [-0.2, 0) is 6.42 Å². The maximum Gasteiger partial charge on any atom is 0.0437 e. The van der Waals surface area contributed by atoms with Crippen LogP contribution >= 0.6 is 11.6 Å². The third-order valence-corrected chi connectivity index (χ3v) is 2.93. The molecule has 15 heavy (non-hydrogen) atoms. The molecule has 0 aliphatic rings. The first-order valence-electron chi connectivity index (χ1n) is 5.69. The van der Waals surface area contributed by atoms with Crippen molar-refractivity contribution >= 4 is 11.6 Å². The van der Waals surface area contributed by atoms with Gasteiger partial charge >= 0.3 is 0 Å². The van der Waals surface area contributed by atoms with Crippen molar-refractivity contribution in [3.8, 4) is 0 Å². The fourth-order valence-corrected chi connectivity index (χ4v) is 1.89. The Hall–Kier alpha value is -0.750. The maximum absolute atomic E-state index is 6.07. The zero-order valence-electron chi connectivity index (χ0n) is 9.21. The van der Waals surface area contributed by atoms with Gasteiger partial charge in [-0.05, 0) is 37.3 Å². The Balaban J connectivity index is 2.15. The van der Waals surface area contributed by atoms with E-state index in [1.54, 1.807) is 0 Å². The SMILES string of the molecule is C=CCCCCCCc1ccccc1Cl. The van der Waals surface area contributed by atoms with Crippen LogP contribution in [-0.4, -0.2) is 0 Å². The van der Waals surface area contributed by atoms with E-state index in [1.165, 1.54) is 31.2 Å². The largest absolute Gasteiger partial charge is 0.103 e. The first kappa shape index (κ1) is 12.3. The molecule has 82 valence electrons. The fourth-order valence-electron chi connectivity index (χ4n) is 1.66. The van der Waals surface area contributed by atoms with Crippen molar-refractivity contribution < 1.29 is 0 Å². The number of halogens is 1. The molecule has 1 rings (SSSR count). The summed E-state index contributed by atoms with van der Waals surface area (Å²) in [6.45, 7) is 3.72. The van der Waals surface area contributed by atoms with Crippen LogP contribution < -0.4 is 0 Å². The Morgan fingerprint density at radius 2 is 1.80 bits per heavy atom. The third-order valence-electron chi connectivity index (χ3n) is 2.56. The fraction of sp³-hybridized carbons (Fsp3) is 0.429. The van der Waals surface area contributed by atoms with Crippen LogP contribution in [0.15, 0.2) is 36.9 Å². The molecule has 0 saturated carbocycles. The number of rotatable bonds is 7. The van der Waals surface area contributed by atoms with Crippen molar-refractivity contribution in [1.82, 2.24) is 0 Å². The molecule has 0 aliphatic carbocycles. The van der Waals surface area contributed by atoms with E-state index in [2.05, 4.69) is 18.7 Å². The van der Waals surface area contributed by atoms with Crippen LogP contribution in [0.5, 0.6) is 0 Å². The van der Waals surface area contributed by atoms with Crippen molar-refractivity contribution in [1.29, 1.82) is 0 Å². The van der Waals surface area contributed by atoms with E-state index in [9.17, 15) is 0 Å². The molecule has 0 bridgehead atoms. The molecule has 1 heteroatoms. The second-order valence-corrected chi connectivity index (χ2v) is 4.24. The lowest BCUT2D eigenvalue weighted by Gasteiger charge is -2.03. The standard InChI is InChI=1S/C14H19Cl/c1-2-3-4-5-6-7-10-13-11-8-9-12-14(13)15/h2,8-9,11-12H,1,3-7,10H2. The summed E-state index contributed by atoms with van der Waals surface area (Å²) in [4.78, 5) is 0. The van der Waals surface area contributed by atoms with Crippen LogP contribution in [0.3, 0.4) is 0 Å². The van der Waals surface area contributed by atoms with Crippen LogP contribution in [0.2, 0.25) is 5.02 Å². The Morgan fingerprint density at radius 1 is 1.07 bits per heavy atom. The number of aryl methyl sites for hydroxylation is 1. The molecule has 0 unspecified atom stereocenters. The molecule has 1 aromatic rings. The molecular weight excluding hydrogens is 204 g/mol. The zero-order chi connectivity index (χ0) is 10.9. The van der Waals surface area contributed by atoms with E-state index < -0.39 is 0 Å². The molecule has 0 aliphatic heterocycles. The van der Waals surface area contributed by atoms with Gasteiger partial charge in [0.2, 0.25) is 0 Å². The second kappa shape index (κ2) is 7.53. The summed E-state index contributed by atoms with van der Waals surface area (Å²) < 4.78 is 0. The van der Waals surface area contributed by atoms with Gasteiger partial charge in [-0.25, -0.2) is 0 Å². The van der Waals surface area contributed by atoms with Crippen LogP contribution in [0.25, 0.3) is 0 Å². The van der Waals surface area contributed by atoms with Gasteiger partial charge in [0.25, 0.3) is 0 Å². The predicted octanol–water partition coefficient (Wildman–Crippen LogP) is 5.02. The average Bonchev–Trinajstić information content (AvgIpc) is 2.25. The maximum atomic E-state index is 6.07. The number of benzene rings is 1. The van der Waals surface area contributed by atoms with Crippen molar-refractivity contribution in [3.63, 3.8) is 0 Å². The highest BCUT2D eigenvalue weighted by atomic mass is 35.5. The molecule has 1 aromatic carbocycles. The number of unbranched alkanes of at least 4 members (excludes halogenated alkanes) is 4. The van der Waals surface area contributed by atoms with E-state index in [1.807, 2.05) is 18.2 Å². The zero-order valence-corrected chi connectivity index (χ0v) is 9.97. The lowest BCUT2D eigenvalue weighted by atomic mass is 10.1. The number of hydrogen-bond acceptors (Lipinski definition) is 0. The van der Waals surface area contributed by atoms with Crippen molar-refractivity contribution in [2.24, 2.45) is 0 Å². The van der Waals surface area contributed by atoms with E-state index in [0.29, 0.717) is 0 Å². The first-order chi connectivity index (χ1) is 7.34. The van der Waals surface area contributed by atoms with E-state index in [4.69, 9.17) is 11.6 Å². The van der Waals surface area contributed by atoms with Gasteiger partial charge in [-0.15, -0.1) is 6.58 Å². The van der Waals surface area contributed by atoms with Gasteiger partial charge in [0.1, 0.15) is 0 Å². The molecule has 0 fully saturated rings. The van der Waals surface area contributed by atoms with Crippen molar-refractivity contribution in [2.45, 2.75) is 38.5 Å². The van der Waals surface area contributed by atoms with Crippen molar-refractivity contribution in [2.75, 3.05) is 0 Å². The third kappa shape index (κ3) is 5.03. The van der Waals surface area contributed by atoms with Crippen LogP contribution in [0.1, 0.15) is 37.7 Å². The number of hydrogen-bond donors (Lipinski definition) is 0. The topological polar surface area (TPSA) is 0 Å². The smallest absolute Gasteiger partial charge is 0.0437 e. The Kier molecular flexibility index (Phi) is 6.18. The van der Waals surface area contributed by atoms with Crippen molar-refractivity contribution in [3.05, 3.63) is 47.5 Å². The highest BCUT2D eigenvalue weighted by Crippen LogP contribution is 2.17. The van der Waals surface area contributed by atoms with E-state index in [-0.39, 0.29) is 0 Å². The minimum atomic E-state index is 0.906. The van der Waals surface area contributed by atoms with Crippen LogP contribution in [0, 0.1) is 0 Å². The van der Waals surface area contributed by atoms with E-state index in [0.717, 1.165) is 17.9 Å². The summed E-state index contributed by atoms with van der Waals surface area (Å²) >= 11 is 6.07. The van der Waals surface area contributed by atoms with Gasteiger partial charge in [-0.3, -0.25) is 0 Å². The van der Waals surface area contributed by atoms with Gasteiger partial charge in [0.15, 0.2) is 0 Å². The summed E-state index contributed by atoms with van der Waals surface area (Å²) in [6, 6.07) is 8.12. The summed E-state index contributed by atoms with van der Waals surface area (Å²) in [7, 11) is 0. The molecule has 0 amide bonds. The van der Waals surface area contributed by atoms with E-state index >= 15 is 0 Å². The van der Waals surface area contributed by atoms with Gasteiger partial charge < -0.3 is 0 Å². The molecule has 0 N–H and O–H groups in total. The lowest BCUT2D eigenvalue weighted by Crippen LogP contribution is -1.87. The summed E-state index contributed by atoms with van der Waals surface area (Å²) in [6.07, 6.45) is 9.34. The molecule has 0 heterocycles. The molecule has 0 saturated heterocycles. The van der Waals surface area contributed by atoms with Gasteiger partial charge in [-0.2, -0.15) is 0 Å². The van der Waals surface area contributed by atoms with Gasteiger partial charge in [0, 0.05) is 5.02 Å². The summed E-state index contributed by atoms with van der Waals surface area (Å²) in [5.74, 6) is 0. The first-order valence-corrected chi connectivity index (χ1v) is 6.06. The Bertz CT molecular complexity index is 291. The predicted molar refractivity (Wildman–Crippen MR) is 68.4 cm³/mol. The molecule has 0 nitrogen and oxygen atoms in total. The molecule has 0 atom stereocenters. The van der Waals surface area contributed by atoms with Gasteiger partial charge in [0.05, 0.1) is 0 Å². The highest BCUT2D eigenvalue weighted by Gasteiger charge is 1.97. The normalized spacial score (nSPS) is 10.2. The summed E-state index contributed by atoms with van der Waals surface area (Å²) in [5.41, 5.74) is 1.28. The highest BCUT2D eigenvalue weighted by molar-refractivity contribution is 6.31. The molecule has 0 aromatic heterocycles. The van der Waals surface area contributed by atoms with Gasteiger partial charge in [-0.1, -0.05) is 48.7 Å². The molecule has 0 spiro atoms. The lowest BCUT2D eigenvalue weighted by molar-refractivity contribution is 0.646. The minimum absolute atomic E-state index is 0.906. The minimum Gasteiger partial charge on any atom is -0.103 e. The monoisotopic (exact) mass is 222 g/mol. The Labute approximate surface area is 98.0 Å². The molecular formula is C14H19Cl. The average molecular weight is 223 g/mol. The molecule has 0 radical (unpaired) electrons. The number of allylic oxidation sites excluding steroid dienone is 1. The Morgan fingerprint density at radius 3 is 2.53 bits per heavy atom. The quantitative estimate of drug-likeness (QED) is 0.449.